The van der Waals surface area contributed by atoms with E-state index in [0.717, 1.165) is 0 Å². The van der Waals surface area contributed by atoms with Gasteiger partial charge < -0.3 is 14.0 Å². The predicted molar refractivity (Wildman–Crippen MR) is 101 cm³/mol. The largest absolute Gasteiger partial charge is 0.444 e. The van der Waals surface area contributed by atoms with Gasteiger partial charge in [-0.2, -0.15) is 5.16 Å². The SMILES string of the molecule is CC(C)(C)OC(=O)N1C(CF)C(c2ccc(-c3cc(=O)[nH]o3)cc2)OC1(C)C. The predicted octanol–water partition coefficient (Wildman–Crippen LogP) is 4.02. The van der Waals surface area contributed by atoms with E-state index in [9.17, 15) is 14.0 Å². The fourth-order valence-electron chi connectivity index (χ4n) is 3.35. The van der Waals surface area contributed by atoms with Gasteiger partial charge in [0.05, 0.1) is 12.1 Å². The molecule has 1 saturated heterocycles. The number of aromatic amines is 1. The molecule has 2 aromatic rings. The molecule has 1 aliphatic heterocycles. The van der Waals surface area contributed by atoms with Crippen molar-refractivity contribution in [1.29, 1.82) is 0 Å². The van der Waals surface area contributed by atoms with E-state index in [-0.39, 0.29) is 5.56 Å². The van der Waals surface area contributed by atoms with E-state index in [4.69, 9.17) is 14.0 Å². The van der Waals surface area contributed by atoms with Gasteiger partial charge in [-0.25, -0.2) is 9.18 Å². The summed E-state index contributed by atoms with van der Waals surface area (Å²) in [4.78, 5) is 25.2. The second-order valence-electron chi connectivity index (χ2n) is 8.26. The molecule has 0 saturated carbocycles. The van der Waals surface area contributed by atoms with Crippen LogP contribution in [0, 0.1) is 0 Å². The minimum absolute atomic E-state index is 0.328. The van der Waals surface area contributed by atoms with Gasteiger partial charge in [0, 0.05) is 5.56 Å². The van der Waals surface area contributed by atoms with Gasteiger partial charge in [0.2, 0.25) is 0 Å². The average Bonchev–Trinajstić information content (AvgIpc) is 3.13. The number of carbonyl (C=O) groups is 1. The van der Waals surface area contributed by atoms with Crippen molar-refractivity contribution in [3.05, 3.63) is 46.2 Å². The van der Waals surface area contributed by atoms with Gasteiger partial charge in [0.15, 0.2) is 5.76 Å². The molecule has 1 aromatic heterocycles. The van der Waals surface area contributed by atoms with Crippen molar-refractivity contribution in [3.63, 3.8) is 0 Å². The van der Waals surface area contributed by atoms with Crippen LogP contribution in [0.5, 0.6) is 0 Å². The molecule has 0 radical (unpaired) electrons. The monoisotopic (exact) mass is 392 g/mol. The molecule has 0 spiro atoms. The van der Waals surface area contributed by atoms with Crippen LogP contribution >= 0.6 is 0 Å². The Balaban J connectivity index is 1.87. The number of rotatable bonds is 3. The Hall–Kier alpha value is -2.61. The third kappa shape index (κ3) is 3.96. The summed E-state index contributed by atoms with van der Waals surface area (Å²) in [5.74, 6) is 0.404. The van der Waals surface area contributed by atoms with Crippen molar-refractivity contribution in [3.8, 4) is 11.3 Å². The molecule has 1 N–H and O–H groups in total. The summed E-state index contributed by atoms with van der Waals surface area (Å²) in [6.45, 7) is 7.92. The minimum Gasteiger partial charge on any atom is -0.444 e. The number of nitrogens with one attached hydrogen (secondary N) is 1. The maximum atomic E-state index is 14.0. The van der Waals surface area contributed by atoms with Gasteiger partial charge in [-0.05, 0) is 40.2 Å². The van der Waals surface area contributed by atoms with Gasteiger partial charge in [0.1, 0.15) is 24.1 Å². The van der Waals surface area contributed by atoms with Crippen molar-refractivity contribution in [2.75, 3.05) is 6.67 Å². The fraction of sp³-hybridized carbons (Fsp3) is 0.500. The number of hydrogen-bond donors (Lipinski definition) is 1. The zero-order chi connectivity index (χ0) is 20.7. The van der Waals surface area contributed by atoms with Crippen LogP contribution in [0.15, 0.2) is 39.6 Å². The molecular weight excluding hydrogens is 367 g/mol. The maximum absolute atomic E-state index is 14.0. The van der Waals surface area contributed by atoms with Gasteiger partial charge >= 0.3 is 6.09 Å². The number of hydrogen-bond acceptors (Lipinski definition) is 5. The molecule has 3 rings (SSSR count). The first-order valence-corrected chi connectivity index (χ1v) is 9.07. The van der Waals surface area contributed by atoms with Crippen LogP contribution in [0.4, 0.5) is 9.18 Å². The van der Waals surface area contributed by atoms with E-state index >= 15 is 0 Å². The van der Waals surface area contributed by atoms with E-state index < -0.39 is 36.2 Å². The lowest BCUT2D eigenvalue weighted by Crippen LogP contribution is -2.50. The van der Waals surface area contributed by atoms with Gasteiger partial charge in [0.25, 0.3) is 5.56 Å². The lowest BCUT2D eigenvalue weighted by atomic mass is 10.0. The number of halogens is 1. The van der Waals surface area contributed by atoms with Crippen LogP contribution < -0.4 is 5.56 Å². The van der Waals surface area contributed by atoms with Crippen molar-refractivity contribution < 1.29 is 23.2 Å². The molecule has 8 heteroatoms. The molecule has 2 unspecified atom stereocenters. The summed E-state index contributed by atoms with van der Waals surface area (Å²) < 4.78 is 30.6. The first-order valence-electron chi connectivity index (χ1n) is 9.07. The third-order valence-corrected chi connectivity index (χ3v) is 4.47. The standard InChI is InChI=1S/C20H25FN2O5/c1-19(2,3)27-18(25)23-14(11-21)17(26-20(23,4)5)13-8-6-12(7-9-13)15-10-16(24)22-28-15/h6-10,14,17H,11H2,1-5H3,(H,22,24). The molecule has 7 nitrogen and oxygen atoms in total. The molecule has 0 aliphatic carbocycles. The van der Waals surface area contributed by atoms with E-state index in [1.54, 1.807) is 58.9 Å². The summed E-state index contributed by atoms with van der Waals surface area (Å²) in [5, 5.41) is 2.24. The quantitative estimate of drug-likeness (QED) is 0.853. The van der Waals surface area contributed by atoms with Crippen molar-refractivity contribution >= 4 is 6.09 Å². The topological polar surface area (TPSA) is 84.8 Å². The first-order chi connectivity index (χ1) is 13.0. The van der Waals surface area contributed by atoms with Crippen LogP contribution in [0.3, 0.4) is 0 Å². The Morgan fingerprint density at radius 3 is 2.43 bits per heavy atom. The van der Waals surface area contributed by atoms with E-state index in [1.165, 1.54) is 11.0 Å². The molecular formula is C20H25FN2O5. The summed E-state index contributed by atoms with van der Waals surface area (Å²) >= 11 is 0. The molecule has 1 aromatic carbocycles. The van der Waals surface area contributed by atoms with Crippen molar-refractivity contribution in [2.24, 2.45) is 0 Å². The highest BCUT2D eigenvalue weighted by molar-refractivity contribution is 5.70. The normalized spacial score (nSPS) is 21.7. The van der Waals surface area contributed by atoms with Gasteiger partial charge in [-0.1, -0.05) is 24.3 Å². The van der Waals surface area contributed by atoms with E-state index in [0.29, 0.717) is 16.9 Å². The second-order valence-corrected chi connectivity index (χ2v) is 8.26. The molecule has 2 atom stereocenters. The van der Waals surface area contributed by atoms with Gasteiger partial charge in [-0.15, -0.1) is 0 Å². The fourth-order valence-corrected chi connectivity index (χ4v) is 3.35. The van der Waals surface area contributed by atoms with E-state index in [1.807, 2.05) is 0 Å². The van der Waals surface area contributed by atoms with Crippen LogP contribution in [-0.4, -0.2) is 40.2 Å². The molecule has 1 aliphatic rings. The van der Waals surface area contributed by atoms with Crippen LogP contribution in [0.1, 0.15) is 46.3 Å². The summed E-state index contributed by atoms with van der Waals surface area (Å²) in [7, 11) is 0. The number of carbonyl (C=O) groups excluding carboxylic acids is 1. The van der Waals surface area contributed by atoms with Crippen LogP contribution in [-0.2, 0) is 9.47 Å². The molecule has 1 amide bonds. The zero-order valence-electron chi connectivity index (χ0n) is 16.6. The lowest BCUT2D eigenvalue weighted by Gasteiger charge is -2.34. The molecule has 2 heterocycles. The van der Waals surface area contributed by atoms with Gasteiger partial charge in [-0.3, -0.25) is 9.69 Å². The smallest absolute Gasteiger partial charge is 0.413 e. The number of amides is 1. The van der Waals surface area contributed by atoms with Crippen LogP contribution in [0.2, 0.25) is 0 Å². The third-order valence-electron chi connectivity index (χ3n) is 4.47. The average molecular weight is 392 g/mol. The highest BCUT2D eigenvalue weighted by Gasteiger charge is 2.51. The summed E-state index contributed by atoms with van der Waals surface area (Å²) in [5.41, 5.74) is -0.654. The summed E-state index contributed by atoms with van der Waals surface area (Å²) in [6.07, 6.45) is -1.27. The highest BCUT2D eigenvalue weighted by atomic mass is 19.1. The maximum Gasteiger partial charge on any atom is 0.413 e. The Kier molecular flexibility index (Phi) is 5.10. The molecule has 1 fully saturated rings. The highest BCUT2D eigenvalue weighted by Crippen LogP contribution is 2.42. The van der Waals surface area contributed by atoms with E-state index in [2.05, 4.69) is 5.16 Å². The summed E-state index contributed by atoms with van der Waals surface area (Å²) in [6, 6.07) is 7.57. The zero-order valence-corrected chi connectivity index (χ0v) is 16.6. The number of nitrogens with zero attached hydrogens (tertiary/aromatic N) is 1. The Morgan fingerprint density at radius 1 is 1.29 bits per heavy atom. The first kappa shape index (κ1) is 20.1. The Morgan fingerprint density at radius 2 is 1.93 bits per heavy atom. The number of benzene rings is 1. The minimum atomic E-state index is -1.03. The lowest BCUT2D eigenvalue weighted by molar-refractivity contribution is -0.0797. The number of ether oxygens (including phenoxy) is 2. The van der Waals surface area contributed by atoms with Crippen molar-refractivity contribution in [2.45, 2.75) is 58.1 Å². The van der Waals surface area contributed by atoms with Crippen molar-refractivity contribution in [1.82, 2.24) is 10.1 Å². The molecule has 0 bridgehead atoms. The van der Waals surface area contributed by atoms with Crippen LogP contribution in [0.25, 0.3) is 11.3 Å². The second kappa shape index (κ2) is 7.09. The molecule has 28 heavy (non-hydrogen) atoms. The molecule has 152 valence electrons. The number of alkyl halides is 1. The number of aromatic nitrogens is 1. The Bertz CT molecular complexity index is 894. The Labute approximate surface area is 162 Å². The number of H-pyrrole nitrogens is 1.